The minimum atomic E-state index is -0.552. The van der Waals surface area contributed by atoms with E-state index < -0.39 is 11.7 Å². The predicted molar refractivity (Wildman–Crippen MR) is 107 cm³/mol. The zero-order chi connectivity index (χ0) is 20.0. The van der Waals surface area contributed by atoms with E-state index in [0.29, 0.717) is 12.2 Å². The lowest BCUT2D eigenvalue weighted by atomic mass is 10.1. The van der Waals surface area contributed by atoms with Gasteiger partial charge in [-0.05, 0) is 52.3 Å². The third-order valence-corrected chi connectivity index (χ3v) is 4.00. The molecule has 1 unspecified atom stereocenters. The number of benzene rings is 1. The minimum absolute atomic E-state index is 0.0327. The largest absolute Gasteiger partial charge is 0.496 e. The Morgan fingerprint density at radius 1 is 1.26 bits per heavy atom. The number of carbonyl (C=O) groups excluding carboxylic acids is 1. The molecule has 1 atom stereocenters. The molecule has 2 N–H and O–H groups in total. The van der Waals surface area contributed by atoms with Crippen LogP contribution in [-0.4, -0.2) is 23.8 Å². The highest BCUT2D eigenvalue weighted by molar-refractivity contribution is 5.85. The van der Waals surface area contributed by atoms with Crippen molar-refractivity contribution in [2.45, 2.75) is 52.8 Å². The van der Waals surface area contributed by atoms with Gasteiger partial charge in [0.1, 0.15) is 11.4 Å². The summed E-state index contributed by atoms with van der Waals surface area (Å²) >= 11 is 0. The molecule has 27 heavy (non-hydrogen) atoms. The summed E-state index contributed by atoms with van der Waals surface area (Å²) in [5, 5.41) is 6.27. The van der Waals surface area contributed by atoms with E-state index in [2.05, 4.69) is 27.8 Å². The Morgan fingerprint density at radius 3 is 2.67 bits per heavy atom. The van der Waals surface area contributed by atoms with Crippen LogP contribution in [0.15, 0.2) is 36.7 Å². The van der Waals surface area contributed by atoms with Crippen molar-refractivity contribution in [1.29, 1.82) is 0 Å². The highest BCUT2D eigenvalue weighted by Gasteiger charge is 2.18. The summed E-state index contributed by atoms with van der Waals surface area (Å²) in [4.78, 5) is 16.3. The fourth-order valence-electron chi connectivity index (χ4n) is 2.65. The van der Waals surface area contributed by atoms with Crippen molar-refractivity contribution in [3.8, 4) is 5.75 Å². The molecule has 0 bridgehead atoms. The number of ether oxygens (including phenoxy) is 2. The van der Waals surface area contributed by atoms with Crippen LogP contribution in [0.2, 0.25) is 0 Å². The second-order valence-electron chi connectivity index (χ2n) is 7.51. The van der Waals surface area contributed by atoms with Crippen LogP contribution >= 0.6 is 0 Å². The monoisotopic (exact) mass is 371 g/mol. The first-order valence-corrected chi connectivity index (χ1v) is 9.00. The van der Waals surface area contributed by atoms with Crippen molar-refractivity contribution in [2.24, 2.45) is 0 Å². The average Bonchev–Trinajstić information content (AvgIpc) is 2.59. The maximum atomic E-state index is 12.1. The molecule has 0 aliphatic rings. The molecule has 1 amide bonds. The number of hydrogen-bond donors (Lipinski definition) is 2. The number of aromatic nitrogens is 1. The summed E-state index contributed by atoms with van der Waals surface area (Å²) in [6.45, 7) is 10.2. The van der Waals surface area contributed by atoms with E-state index in [0.717, 1.165) is 22.4 Å². The first kappa shape index (κ1) is 20.7. The summed E-state index contributed by atoms with van der Waals surface area (Å²) in [5.41, 5.74) is 3.23. The van der Waals surface area contributed by atoms with Gasteiger partial charge in [-0.1, -0.05) is 12.1 Å². The highest BCUT2D eigenvalue weighted by atomic mass is 16.6. The lowest BCUT2D eigenvalue weighted by Gasteiger charge is -2.22. The fourth-order valence-corrected chi connectivity index (χ4v) is 2.65. The molecule has 6 nitrogen and oxygen atoms in total. The van der Waals surface area contributed by atoms with Crippen LogP contribution in [0.4, 0.5) is 10.5 Å². The molecular weight excluding hydrogens is 342 g/mol. The van der Waals surface area contributed by atoms with E-state index >= 15 is 0 Å². The number of amides is 1. The molecule has 2 rings (SSSR count). The first-order chi connectivity index (χ1) is 12.7. The van der Waals surface area contributed by atoms with Gasteiger partial charge in [-0.2, -0.15) is 0 Å². The fraction of sp³-hybridized carbons (Fsp3) is 0.429. The van der Waals surface area contributed by atoms with Crippen molar-refractivity contribution < 1.29 is 14.3 Å². The molecule has 0 aliphatic heterocycles. The lowest BCUT2D eigenvalue weighted by Crippen LogP contribution is -2.28. The third-order valence-electron chi connectivity index (χ3n) is 4.00. The molecule has 2 aromatic rings. The number of nitrogens with zero attached hydrogens (tertiary/aromatic N) is 1. The maximum absolute atomic E-state index is 12.1. The van der Waals surface area contributed by atoms with Crippen LogP contribution in [-0.2, 0) is 11.3 Å². The minimum Gasteiger partial charge on any atom is -0.496 e. The number of pyridine rings is 1. The van der Waals surface area contributed by atoms with Gasteiger partial charge < -0.3 is 14.8 Å². The maximum Gasteiger partial charge on any atom is 0.412 e. The van der Waals surface area contributed by atoms with Crippen molar-refractivity contribution in [2.75, 3.05) is 12.4 Å². The quantitative estimate of drug-likeness (QED) is 0.777. The van der Waals surface area contributed by atoms with Gasteiger partial charge in [0.25, 0.3) is 0 Å². The number of methoxy groups -OCH3 is 1. The second-order valence-corrected chi connectivity index (χ2v) is 7.51. The molecule has 0 spiro atoms. The number of rotatable bonds is 6. The zero-order valence-electron chi connectivity index (χ0n) is 16.9. The molecule has 1 aromatic carbocycles. The van der Waals surface area contributed by atoms with Crippen molar-refractivity contribution in [3.05, 3.63) is 53.3 Å². The Bertz CT molecular complexity index is 784. The van der Waals surface area contributed by atoms with Crippen LogP contribution in [0.3, 0.4) is 0 Å². The molecule has 146 valence electrons. The standard InChI is InChI=1S/C21H29N3O3/c1-14-7-8-16(19(11-14)26-6)12-23-15(2)17-13-22-10-9-18(17)24-20(25)27-21(3,4)5/h7-11,13,15,23H,12H2,1-6H3,(H,22,24,25). The normalized spacial score (nSPS) is 12.4. The van der Waals surface area contributed by atoms with Gasteiger partial charge in [-0.25, -0.2) is 4.79 Å². The predicted octanol–water partition coefficient (Wildman–Crippen LogP) is 4.60. The van der Waals surface area contributed by atoms with E-state index in [-0.39, 0.29) is 6.04 Å². The average molecular weight is 371 g/mol. The Balaban J connectivity index is 2.08. The number of hydrogen-bond acceptors (Lipinski definition) is 5. The molecule has 0 aliphatic carbocycles. The summed E-state index contributed by atoms with van der Waals surface area (Å²) < 4.78 is 10.8. The van der Waals surface area contributed by atoms with Gasteiger partial charge in [0, 0.05) is 36.1 Å². The summed E-state index contributed by atoms with van der Waals surface area (Å²) in [7, 11) is 1.67. The summed E-state index contributed by atoms with van der Waals surface area (Å²) in [5.74, 6) is 0.855. The Labute approximate surface area is 161 Å². The van der Waals surface area contributed by atoms with Crippen molar-refractivity contribution >= 4 is 11.8 Å². The van der Waals surface area contributed by atoms with Crippen LogP contribution in [0.25, 0.3) is 0 Å². The van der Waals surface area contributed by atoms with E-state index in [9.17, 15) is 4.79 Å². The van der Waals surface area contributed by atoms with Crippen LogP contribution < -0.4 is 15.4 Å². The number of carbonyl (C=O) groups is 1. The van der Waals surface area contributed by atoms with Crippen molar-refractivity contribution in [3.63, 3.8) is 0 Å². The molecule has 1 heterocycles. The van der Waals surface area contributed by atoms with E-state index in [1.807, 2.05) is 40.7 Å². The first-order valence-electron chi connectivity index (χ1n) is 9.00. The Kier molecular flexibility index (Phi) is 6.80. The topological polar surface area (TPSA) is 72.5 Å². The van der Waals surface area contributed by atoms with Gasteiger partial charge >= 0.3 is 6.09 Å². The van der Waals surface area contributed by atoms with E-state index in [1.165, 1.54) is 0 Å². The molecule has 1 aromatic heterocycles. The van der Waals surface area contributed by atoms with Crippen LogP contribution in [0.5, 0.6) is 5.75 Å². The number of nitrogens with one attached hydrogen (secondary N) is 2. The molecule has 0 saturated carbocycles. The number of anilines is 1. The molecule has 6 heteroatoms. The Hall–Kier alpha value is -2.60. The van der Waals surface area contributed by atoms with Crippen LogP contribution in [0.1, 0.15) is 50.4 Å². The molecular formula is C21H29N3O3. The Morgan fingerprint density at radius 2 is 2.00 bits per heavy atom. The third kappa shape index (κ3) is 6.25. The van der Waals surface area contributed by atoms with E-state index in [4.69, 9.17) is 9.47 Å². The van der Waals surface area contributed by atoms with E-state index in [1.54, 1.807) is 25.6 Å². The second kappa shape index (κ2) is 8.86. The van der Waals surface area contributed by atoms with Crippen molar-refractivity contribution in [1.82, 2.24) is 10.3 Å². The highest BCUT2D eigenvalue weighted by Crippen LogP contribution is 2.25. The van der Waals surface area contributed by atoms with Gasteiger partial charge in [0.15, 0.2) is 0 Å². The SMILES string of the molecule is COc1cc(C)ccc1CNC(C)c1cnccc1NC(=O)OC(C)(C)C. The van der Waals surface area contributed by atoms with Gasteiger partial charge in [0.05, 0.1) is 12.8 Å². The van der Waals surface area contributed by atoms with Gasteiger partial charge in [0.2, 0.25) is 0 Å². The summed E-state index contributed by atoms with van der Waals surface area (Å²) in [6, 6.07) is 7.86. The van der Waals surface area contributed by atoms with Gasteiger partial charge in [-0.15, -0.1) is 0 Å². The zero-order valence-corrected chi connectivity index (χ0v) is 16.9. The van der Waals surface area contributed by atoms with Crippen LogP contribution in [0, 0.1) is 6.92 Å². The summed E-state index contributed by atoms with van der Waals surface area (Å²) in [6.07, 6.45) is 2.91. The molecule has 0 saturated heterocycles. The molecule has 0 radical (unpaired) electrons. The smallest absolute Gasteiger partial charge is 0.412 e. The lowest BCUT2D eigenvalue weighted by molar-refractivity contribution is 0.0635. The molecule has 0 fully saturated rings. The number of aryl methyl sites for hydroxylation is 1. The van der Waals surface area contributed by atoms with Gasteiger partial charge in [-0.3, -0.25) is 10.3 Å².